The molecule has 19 heavy (non-hydrogen) atoms. The minimum Gasteiger partial charge on any atom is -0.381 e. The van der Waals surface area contributed by atoms with Gasteiger partial charge in [0.2, 0.25) is 5.91 Å². The van der Waals surface area contributed by atoms with Gasteiger partial charge in [-0.05, 0) is 37.2 Å². The van der Waals surface area contributed by atoms with Crippen LogP contribution in [-0.4, -0.2) is 25.7 Å². The third-order valence-electron chi connectivity index (χ3n) is 3.61. The van der Waals surface area contributed by atoms with Crippen LogP contribution in [0.25, 0.3) is 0 Å². The molecule has 1 atom stereocenters. The van der Waals surface area contributed by atoms with Crippen molar-refractivity contribution in [1.29, 1.82) is 0 Å². The third-order valence-corrected chi connectivity index (χ3v) is 3.61. The second-order valence-electron chi connectivity index (χ2n) is 5.21. The van der Waals surface area contributed by atoms with E-state index in [0.717, 1.165) is 45.4 Å². The Morgan fingerprint density at radius 2 is 2.16 bits per heavy atom. The van der Waals surface area contributed by atoms with Crippen molar-refractivity contribution in [3.8, 4) is 0 Å². The van der Waals surface area contributed by atoms with E-state index in [4.69, 9.17) is 4.74 Å². The van der Waals surface area contributed by atoms with E-state index in [-0.39, 0.29) is 5.91 Å². The molecule has 1 aliphatic heterocycles. The number of amides is 1. The summed E-state index contributed by atoms with van der Waals surface area (Å²) in [6, 6.07) is 10.3. The predicted molar refractivity (Wildman–Crippen MR) is 75.9 cm³/mol. The molecule has 2 rings (SSSR count). The number of nitrogens with one attached hydrogen (secondary N) is 1. The maximum atomic E-state index is 11.7. The molecule has 0 radical (unpaired) electrons. The number of carbonyl (C=O) groups is 1. The molecule has 0 bridgehead atoms. The standard InChI is InChI=1S/C16H23NO2/c18-16(17-11-9-15-10-12-19-13-15)8-4-7-14-5-2-1-3-6-14/h1-3,5-6,15H,4,7-13H2,(H,17,18)/t15-/m1/s1. The summed E-state index contributed by atoms with van der Waals surface area (Å²) in [7, 11) is 0. The fourth-order valence-corrected chi connectivity index (χ4v) is 2.41. The van der Waals surface area contributed by atoms with Crippen molar-refractivity contribution in [3.05, 3.63) is 35.9 Å². The van der Waals surface area contributed by atoms with E-state index in [1.165, 1.54) is 5.56 Å². The molecule has 1 N–H and O–H groups in total. The molecule has 1 amide bonds. The lowest BCUT2D eigenvalue weighted by molar-refractivity contribution is -0.121. The summed E-state index contributed by atoms with van der Waals surface area (Å²) in [6.45, 7) is 2.54. The van der Waals surface area contributed by atoms with Gasteiger partial charge in [0.05, 0.1) is 0 Å². The van der Waals surface area contributed by atoms with Gasteiger partial charge in [0.1, 0.15) is 0 Å². The molecular formula is C16H23NO2. The fraction of sp³-hybridized carbons (Fsp3) is 0.562. The number of aryl methyl sites for hydroxylation is 1. The Balaban J connectivity index is 1.52. The Morgan fingerprint density at radius 3 is 2.89 bits per heavy atom. The van der Waals surface area contributed by atoms with Crippen LogP contribution in [-0.2, 0) is 16.0 Å². The van der Waals surface area contributed by atoms with E-state index in [2.05, 4.69) is 17.4 Å². The average Bonchev–Trinajstić information content (AvgIpc) is 2.93. The number of rotatable bonds is 7. The highest BCUT2D eigenvalue weighted by molar-refractivity contribution is 5.75. The van der Waals surface area contributed by atoms with Gasteiger partial charge in [-0.15, -0.1) is 0 Å². The molecule has 0 saturated carbocycles. The Bertz CT molecular complexity index is 372. The summed E-state index contributed by atoms with van der Waals surface area (Å²) < 4.78 is 5.32. The monoisotopic (exact) mass is 261 g/mol. The van der Waals surface area contributed by atoms with Crippen molar-refractivity contribution in [2.24, 2.45) is 5.92 Å². The van der Waals surface area contributed by atoms with Crippen molar-refractivity contribution >= 4 is 5.91 Å². The van der Waals surface area contributed by atoms with Crippen molar-refractivity contribution < 1.29 is 9.53 Å². The van der Waals surface area contributed by atoms with Crippen molar-refractivity contribution in [3.63, 3.8) is 0 Å². The Labute approximate surface area is 115 Å². The van der Waals surface area contributed by atoms with Gasteiger partial charge in [0.25, 0.3) is 0 Å². The molecule has 1 fully saturated rings. The molecule has 1 aromatic carbocycles. The first-order valence-corrected chi connectivity index (χ1v) is 7.23. The molecule has 3 heteroatoms. The Kier molecular flexibility index (Phi) is 5.89. The minimum absolute atomic E-state index is 0.176. The minimum atomic E-state index is 0.176. The first kappa shape index (κ1) is 14.1. The molecule has 3 nitrogen and oxygen atoms in total. The first-order chi connectivity index (χ1) is 9.34. The number of benzene rings is 1. The van der Waals surface area contributed by atoms with Crippen LogP contribution in [0.5, 0.6) is 0 Å². The van der Waals surface area contributed by atoms with Gasteiger partial charge >= 0.3 is 0 Å². The molecule has 0 aromatic heterocycles. The van der Waals surface area contributed by atoms with E-state index in [0.29, 0.717) is 12.3 Å². The number of hydrogen-bond acceptors (Lipinski definition) is 2. The summed E-state index contributed by atoms with van der Waals surface area (Å²) in [4.78, 5) is 11.7. The highest BCUT2D eigenvalue weighted by Gasteiger charge is 2.15. The number of hydrogen-bond donors (Lipinski definition) is 1. The summed E-state index contributed by atoms with van der Waals surface area (Å²) in [5, 5.41) is 3.00. The molecule has 0 aliphatic carbocycles. The smallest absolute Gasteiger partial charge is 0.220 e. The maximum Gasteiger partial charge on any atom is 0.220 e. The van der Waals surface area contributed by atoms with E-state index in [1.807, 2.05) is 18.2 Å². The van der Waals surface area contributed by atoms with Gasteiger partial charge in [-0.3, -0.25) is 4.79 Å². The van der Waals surface area contributed by atoms with Gasteiger partial charge in [-0.2, -0.15) is 0 Å². The molecule has 1 heterocycles. The largest absolute Gasteiger partial charge is 0.381 e. The maximum absolute atomic E-state index is 11.7. The van der Waals surface area contributed by atoms with Crippen LogP contribution in [0.3, 0.4) is 0 Å². The molecule has 104 valence electrons. The van der Waals surface area contributed by atoms with Crippen LogP contribution in [0.4, 0.5) is 0 Å². The van der Waals surface area contributed by atoms with Crippen LogP contribution >= 0.6 is 0 Å². The van der Waals surface area contributed by atoms with Crippen LogP contribution in [0.15, 0.2) is 30.3 Å². The molecule has 1 aliphatic rings. The van der Waals surface area contributed by atoms with Crippen molar-refractivity contribution in [2.45, 2.75) is 32.1 Å². The highest BCUT2D eigenvalue weighted by Crippen LogP contribution is 2.15. The molecule has 0 spiro atoms. The van der Waals surface area contributed by atoms with E-state index >= 15 is 0 Å². The van der Waals surface area contributed by atoms with Crippen LogP contribution in [0.1, 0.15) is 31.2 Å². The van der Waals surface area contributed by atoms with Crippen LogP contribution < -0.4 is 5.32 Å². The van der Waals surface area contributed by atoms with Crippen LogP contribution in [0, 0.1) is 5.92 Å². The SMILES string of the molecule is O=C(CCCc1ccccc1)NCC[C@@H]1CCOC1. The second kappa shape index (κ2) is 7.95. The first-order valence-electron chi connectivity index (χ1n) is 7.23. The van der Waals surface area contributed by atoms with Gasteiger partial charge in [-0.25, -0.2) is 0 Å². The summed E-state index contributed by atoms with van der Waals surface area (Å²) in [5.41, 5.74) is 1.30. The summed E-state index contributed by atoms with van der Waals surface area (Å²) in [6.07, 6.45) is 4.71. The molecule has 0 unspecified atom stereocenters. The molecular weight excluding hydrogens is 238 g/mol. The molecule has 1 aromatic rings. The van der Waals surface area contributed by atoms with Crippen LogP contribution in [0.2, 0.25) is 0 Å². The van der Waals surface area contributed by atoms with E-state index in [1.54, 1.807) is 0 Å². The van der Waals surface area contributed by atoms with Crippen molar-refractivity contribution in [2.75, 3.05) is 19.8 Å². The molecule has 1 saturated heterocycles. The van der Waals surface area contributed by atoms with Gasteiger partial charge in [0.15, 0.2) is 0 Å². The van der Waals surface area contributed by atoms with Gasteiger partial charge in [0, 0.05) is 26.2 Å². The number of ether oxygens (including phenoxy) is 1. The van der Waals surface area contributed by atoms with E-state index in [9.17, 15) is 4.79 Å². The highest BCUT2D eigenvalue weighted by atomic mass is 16.5. The lowest BCUT2D eigenvalue weighted by Gasteiger charge is -2.08. The average molecular weight is 261 g/mol. The second-order valence-corrected chi connectivity index (χ2v) is 5.21. The lowest BCUT2D eigenvalue weighted by Crippen LogP contribution is -2.25. The zero-order valence-corrected chi connectivity index (χ0v) is 11.4. The zero-order valence-electron chi connectivity index (χ0n) is 11.4. The summed E-state index contributed by atoms with van der Waals surface area (Å²) >= 11 is 0. The van der Waals surface area contributed by atoms with Gasteiger partial charge < -0.3 is 10.1 Å². The third kappa shape index (κ3) is 5.43. The summed E-state index contributed by atoms with van der Waals surface area (Å²) in [5.74, 6) is 0.819. The normalized spacial score (nSPS) is 18.4. The Hall–Kier alpha value is -1.35. The van der Waals surface area contributed by atoms with Gasteiger partial charge in [-0.1, -0.05) is 30.3 Å². The number of carbonyl (C=O) groups excluding carboxylic acids is 1. The quantitative estimate of drug-likeness (QED) is 0.819. The topological polar surface area (TPSA) is 38.3 Å². The predicted octanol–water partition coefficient (Wildman–Crippen LogP) is 2.55. The zero-order chi connectivity index (χ0) is 13.3. The Morgan fingerprint density at radius 1 is 1.32 bits per heavy atom. The lowest BCUT2D eigenvalue weighted by atomic mass is 10.1. The van der Waals surface area contributed by atoms with E-state index < -0.39 is 0 Å². The fourth-order valence-electron chi connectivity index (χ4n) is 2.41. The van der Waals surface area contributed by atoms with Crippen molar-refractivity contribution in [1.82, 2.24) is 5.32 Å².